The van der Waals surface area contributed by atoms with Crippen LogP contribution in [-0.2, 0) is 0 Å². The number of non-ortho nitro benzene ring substituents is 1. The van der Waals surface area contributed by atoms with Crippen molar-refractivity contribution in [2.24, 2.45) is 0 Å². The van der Waals surface area contributed by atoms with Crippen LogP contribution >= 0.6 is 15.9 Å². The molecule has 3 rings (SSSR count). The number of hydrogen-bond acceptors (Lipinski definition) is 3. The summed E-state index contributed by atoms with van der Waals surface area (Å²) in [7, 11) is 0. The average Bonchev–Trinajstić information content (AvgIpc) is 2.94. The van der Waals surface area contributed by atoms with E-state index in [1.807, 2.05) is 24.4 Å². The Morgan fingerprint density at radius 3 is 2.65 bits per heavy atom. The molecule has 0 unspecified atom stereocenters. The van der Waals surface area contributed by atoms with Gasteiger partial charge in [0.05, 0.1) is 16.6 Å². The van der Waals surface area contributed by atoms with Crippen molar-refractivity contribution in [2.45, 2.75) is 0 Å². The molecule has 0 aliphatic carbocycles. The lowest BCUT2D eigenvalue weighted by atomic mass is 10.0. The number of halogens is 1. The van der Waals surface area contributed by atoms with Gasteiger partial charge in [0.2, 0.25) is 0 Å². The smallest absolute Gasteiger partial charge is 0.269 e. The van der Waals surface area contributed by atoms with E-state index in [-0.39, 0.29) is 5.69 Å². The Bertz CT molecular complexity index is 966. The van der Waals surface area contributed by atoms with E-state index in [0.29, 0.717) is 11.1 Å². The Balaban J connectivity index is 2.05. The first-order valence-corrected chi connectivity index (χ1v) is 7.51. The second-order valence-electron chi connectivity index (χ2n) is 4.91. The molecule has 0 saturated carbocycles. The number of nitro benzene ring substituents is 1. The van der Waals surface area contributed by atoms with Gasteiger partial charge in [0.15, 0.2) is 0 Å². The molecule has 0 saturated heterocycles. The molecule has 0 aliphatic heterocycles. The second-order valence-corrected chi connectivity index (χ2v) is 5.82. The lowest BCUT2D eigenvalue weighted by molar-refractivity contribution is -0.384. The molecule has 6 heteroatoms. The van der Waals surface area contributed by atoms with Crippen molar-refractivity contribution in [1.29, 1.82) is 5.26 Å². The summed E-state index contributed by atoms with van der Waals surface area (Å²) in [6.07, 6.45) is 3.60. The second kappa shape index (κ2) is 6.07. The van der Waals surface area contributed by atoms with E-state index in [9.17, 15) is 15.4 Å². The lowest BCUT2D eigenvalue weighted by Gasteiger charge is -1.99. The van der Waals surface area contributed by atoms with Crippen molar-refractivity contribution in [1.82, 2.24) is 4.98 Å². The van der Waals surface area contributed by atoms with Crippen LogP contribution in [0.1, 0.15) is 11.1 Å². The van der Waals surface area contributed by atoms with Gasteiger partial charge in [-0.1, -0.05) is 15.9 Å². The highest BCUT2D eigenvalue weighted by Crippen LogP contribution is 2.27. The van der Waals surface area contributed by atoms with Crippen LogP contribution in [0.4, 0.5) is 5.69 Å². The van der Waals surface area contributed by atoms with Crippen molar-refractivity contribution in [3.8, 4) is 6.07 Å². The summed E-state index contributed by atoms with van der Waals surface area (Å²) in [5, 5.41) is 21.1. The molecular weight excluding hydrogens is 358 g/mol. The largest absolute Gasteiger partial charge is 0.361 e. The van der Waals surface area contributed by atoms with Gasteiger partial charge in [0, 0.05) is 39.3 Å². The van der Waals surface area contributed by atoms with E-state index in [4.69, 9.17) is 0 Å². The SMILES string of the molecule is N#C/C(=C/c1c[nH]c2ccc(Br)cc12)c1ccc([N+](=O)[O-])cc1. The molecule has 112 valence electrons. The van der Waals surface area contributed by atoms with Gasteiger partial charge >= 0.3 is 0 Å². The Hall–Kier alpha value is -2.91. The fourth-order valence-corrected chi connectivity index (χ4v) is 2.69. The lowest BCUT2D eigenvalue weighted by Crippen LogP contribution is -1.88. The number of nitro groups is 1. The molecule has 0 spiro atoms. The first-order valence-electron chi connectivity index (χ1n) is 6.72. The molecular formula is C17H10BrN3O2. The Kier molecular flexibility index (Phi) is 3.96. The van der Waals surface area contributed by atoms with Crippen LogP contribution in [0.5, 0.6) is 0 Å². The van der Waals surface area contributed by atoms with Crippen molar-refractivity contribution in [3.05, 3.63) is 74.4 Å². The highest BCUT2D eigenvalue weighted by Gasteiger charge is 2.08. The fourth-order valence-electron chi connectivity index (χ4n) is 2.33. The molecule has 23 heavy (non-hydrogen) atoms. The van der Waals surface area contributed by atoms with Crippen LogP contribution < -0.4 is 0 Å². The maximum Gasteiger partial charge on any atom is 0.269 e. The molecule has 1 aromatic heterocycles. The molecule has 0 bridgehead atoms. The minimum Gasteiger partial charge on any atom is -0.361 e. The molecule has 0 fully saturated rings. The monoisotopic (exact) mass is 367 g/mol. The number of rotatable bonds is 3. The average molecular weight is 368 g/mol. The van der Waals surface area contributed by atoms with E-state index in [1.165, 1.54) is 12.1 Å². The maximum atomic E-state index is 10.7. The van der Waals surface area contributed by atoms with Gasteiger partial charge < -0.3 is 4.98 Å². The van der Waals surface area contributed by atoms with Gasteiger partial charge in [0.1, 0.15) is 0 Å². The predicted octanol–water partition coefficient (Wildman–Crippen LogP) is 4.90. The molecule has 1 N–H and O–H groups in total. The maximum absolute atomic E-state index is 10.7. The first-order chi connectivity index (χ1) is 11.1. The number of aromatic nitrogens is 1. The Labute approximate surface area is 140 Å². The normalized spacial score (nSPS) is 11.4. The highest BCUT2D eigenvalue weighted by molar-refractivity contribution is 9.10. The minimum absolute atomic E-state index is 0.00191. The third-order valence-corrected chi connectivity index (χ3v) is 3.98. The molecule has 3 aromatic rings. The van der Waals surface area contributed by atoms with Crippen LogP contribution in [0, 0.1) is 21.4 Å². The highest BCUT2D eigenvalue weighted by atomic mass is 79.9. The van der Waals surface area contributed by atoms with Gasteiger partial charge in [-0.3, -0.25) is 10.1 Å². The summed E-state index contributed by atoms with van der Waals surface area (Å²) in [6.45, 7) is 0. The molecule has 0 atom stereocenters. The van der Waals surface area contributed by atoms with Crippen LogP contribution in [0.2, 0.25) is 0 Å². The third-order valence-electron chi connectivity index (χ3n) is 3.49. The number of nitriles is 1. The van der Waals surface area contributed by atoms with Crippen LogP contribution in [-0.4, -0.2) is 9.91 Å². The van der Waals surface area contributed by atoms with E-state index in [2.05, 4.69) is 27.0 Å². The van der Waals surface area contributed by atoms with Gasteiger partial charge in [-0.25, -0.2) is 0 Å². The quantitative estimate of drug-likeness (QED) is 0.405. The van der Waals surface area contributed by atoms with Crippen LogP contribution in [0.25, 0.3) is 22.6 Å². The number of benzene rings is 2. The van der Waals surface area contributed by atoms with Gasteiger partial charge in [-0.2, -0.15) is 5.26 Å². The molecule has 1 heterocycles. The molecule has 0 radical (unpaired) electrons. The number of fused-ring (bicyclic) bond motifs is 1. The summed E-state index contributed by atoms with van der Waals surface area (Å²) >= 11 is 3.44. The van der Waals surface area contributed by atoms with Crippen molar-refractivity contribution < 1.29 is 4.92 Å². The number of aromatic amines is 1. The van der Waals surface area contributed by atoms with Crippen LogP contribution in [0.15, 0.2) is 53.1 Å². The first kappa shape index (κ1) is 15.0. The van der Waals surface area contributed by atoms with Crippen molar-refractivity contribution in [2.75, 3.05) is 0 Å². The summed E-state index contributed by atoms with van der Waals surface area (Å²) in [6, 6.07) is 14.0. The van der Waals surface area contributed by atoms with E-state index in [1.54, 1.807) is 18.2 Å². The Morgan fingerprint density at radius 1 is 1.26 bits per heavy atom. The summed E-state index contributed by atoms with van der Waals surface area (Å²) in [5.41, 5.74) is 2.95. The number of nitrogens with zero attached hydrogens (tertiary/aromatic N) is 2. The Morgan fingerprint density at radius 2 is 2.00 bits per heavy atom. The minimum atomic E-state index is -0.462. The molecule has 5 nitrogen and oxygen atoms in total. The van der Waals surface area contributed by atoms with Crippen molar-refractivity contribution in [3.63, 3.8) is 0 Å². The summed E-state index contributed by atoms with van der Waals surface area (Å²) in [5.74, 6) is 0. The number of H-pyrrole nitrogens is 1. The number of nitrogens with one attached hydrogen (secondary N) is 1. The zero-order valence-corrected chi connectivity index (χ0v) is 13.4. The van der Waals surface area contributed by atoms with E-state index < -0.39 is 4.92 Å². The van der Waals surface area contributed by atoms with E-state index in [0.717, 1.165) is 20.9 Å². The number of hydrogen-bond donors (Lipinski definition) is 1. The van der Waals surface area contributed by atoms with Crippen LogP contribution in [0.3, 0.4) is 0 Å². The van der Waals surface area contributed by atoms with E-state index >= 15 is 0 Å². The zero-order chi connectivity index (χ0) is 16.4. The van der Waals surface area contributed by atoms with Gasteiger partial charge in [-0.05, 0) is 42.0 Å². The summed E-state index contributed by atoms with van der Waals surface area (Å²) < 4.78 is 0.952. The standard InChI is InChI=1S/C17H10BrN3O2/c18-14-3-6-17-16(8-14)13(10-20-17)7-12(9-19)11-1-4-15(5-2-11)21(22)23/h1-8,10,20H/b12-7-. The zero-order valence-electron chi connectivity index (χ0n) is 11.8. The van der Waals surface area contributed by atoms with Gasteiger partial charge in [0.25, 0.3) is 5.69 Å². The van der Waals surface area contributed by atoms with Crippen molar-refractivity contribution >= 4 is 44.2 Å². The number of allylic oxidation sites excluding steroid dienone is 1. The molecule has 2 aromatic carbocycles. The predicted molar refractivity (Wildman–Crippen MR) is 92.6 cm³/mol. The molecule has 0 amide bonds. The fraction of sp³-hybridized carbons (Fsp3) is 0. The summed E-state index contributed by atoms with van der Waals surface area (Å²) in [4.78, 5) is 13.4. The molecule has 0 aliphatic rings. The van der Waals surface area contributed by atoms with Gasteiger partial charge in [-0.15, -0.1) is 0 Å². The topological polar surface area (TPSA) is 82.7 Å². The third kappa shape index (κ3) is 3.00.